The molecule has 1 rings (SSSR count). The van der Waals surface area contributed by atoms with Gasteiger partial charge < -0.3 is 5.11 Å². The van der Waals surface area contributed by atoms with Crippen LogP contribution in [0.3, 0.4) is 0 Å². The standard InChI is InChI=1S/C6H8N4O3S/c11-3(1-2-4(12)13)7-5-8-6(14)10-9-5/h1-2H2,(H,12,13)(H3,7,8,9,10,11,14). The molecule has 0 aromatic carbocycles. The van der Waals surface area contributed by atoms with Crippen LogP contribution in [-0.4, -0.2) is 32.2 Å². The average Bonchev–Trinajstić information content (AvgIpc) is 2.48. The SMILES string of the molecule is O=C(O)CCC(=O)Nc1nc(=S)[nH][nH]1. The maximum atomic E-state index is 11.0. The van der Waals surface area contributed by atoms with Crippen LogP contribution in [0.15, 0.2) is 0 Å². The quantitative estimate of drug-likeness (QED) is 0.540. The van der Waals surface area contributed by atoms with Crippen LogP contribution >= 0.6 is 12.2 Å². The second-order valence-corrected chi connectivity index (χ2v) is 2.84. The van der Waals surface area contributed by atoms with Gasteiger partial charge in [0.15, 0.2) is 0 Å². The van der Waals surface area contributed by atoms with E-state index in [1.165, 1.54) is 0 Å². The zero-order chi connectivity index (χ0) is 10.6. The molecule has 14 heavy (non-hydrogen) atoms. The first-order valence-corrected chi connectivity index (χ1v) is 4.15. The number of aliphatic carboxylic acids is 1. The number of amides is 1. The zero-order valence-electron chi connectivity index (χ0n) is 7.03. The van der Waals surface area contributed by atoms with Gasteiger partial charge in [-0.2, -0.15) is 4.98 Å². The molecule has 0 saturated carbocycles. The Morgan fingerprint density at radius 3 is 2.64 bits per heavy atom. The van der Waals surface area contributed by atoms with Crippen molar-refractivity contribution in [1.29, 1.82) is 0 Å². The van der Waals surface area contributed by atoms with Gasteiger partial charge in [0, 0.05) is 6.42 Å². The van der Waals surface area contributed by atoms with E-state index in [1.54, 1.807) is 0 Å². The number of nitrogens with zero attached hydrogens (tertiary/aromatic N) is 1. The molecule has 1 aromatic heterocycles. The molecule has 0 saturated heterocycles. The van der Waals surface area contributed by atoms with Gasteiger partial charge in [-0.05, 0) is 12.2 Å². The van der Waals surface area contributed by atoms with Crippen molar-refractivity contribution >= 4 is 30.0 Å². The first-order valence-electron chi connectivity index (χ1n) is 3.74. The Morgan fingerprint density at radius 2 is 2.14 bits per heavy atom. The van der Waals surface area contributed by atoms with Crippen LogP contribution in [0.4, 0.5) is 5.95 Å². The molecule has 0 unspecified atom stereocenters. The van der Waals surface area contributed by atoms with Crippen molar-refractivity contribution in [3.05, 3.63) is 4.77 Å². The maximum Gasteiger partial charge on any atom is 0.303 e. The Balaban J connectivity index is 2.41. The summed E-state index contributed by atoms with van der Waals surface area (Å²) in [6, 6.07) is 0. The molecular formula is C6H8N4O3S. The van der Waals surface area contributed by atoms with E-state index in [4.69, 9.17) is 5.11 Å². The predicted octanol–water partition coefficient (Wildman–Crippen LogP) is 0.271. The van der Waals surface area contributed by atoms with Gasteiger partial charge in [0.25, 0.3) is 0 Å². The molecule has 4 N–H and O–H groups in total. The highest BCUT2D eigenvalue weighted by Gasteiger charge is 2.06. The topological polar surface area (TPSA) is 111 Å². The molecule has 0 atom stereocenters. The number of aromatic nitrogens is 3. The van der Waals surface area contributed by atoms with Crippen LogP contribution < -0.4 is 5.32 Å². The van der Waals surface area contributed by atoms with Crippen LogP contribution in [0, 0.1) is 4.77 Å². The van der Waals surface area contributed by atoms with Crippen molar-refractivity contribution in [3.8, 4) is 0 Å². The van der Waals surface area contributed by atoms with Crippen LogP contribution in [0.1, 0.15) is 12.8 Å². The van der Waals surface area contributed by atoms with Crippen molar-refractivity contribution in [1.82, 2.24) is 15.2 Å². The molecule has 0 fully saturated rings. The minimum absolute atomic E-state index is 0.0944. The fourth-order valence-corrected chi connectivity index (χ4v) is 0.887. The van der Waals surface area contributed by atoms with E-state index in [-0.39, 0.29) is 23.6 Å². The number of aromatic amines is 2. The number of carboxylic acids is 1. The van der Waals surface area contributed by atoms with Crippen LogP contribution in [0.5, 0.6) is 0 Å². The highest BCUT2D eigenvalue weighted by Crippen LogP contribution is 1.97. The number of carboxylic acid groups (broad SMARTS) is 1. The highest BCUT2D eigenvalue weighted by atomic mass is 32.1. The van der Waals surface area contributed by atoms with Gasteiger partial charge in [-0.1, -0.05) is 0 Å². The summed E-state index contributed by atoms with van der Waals surface area (Å²) in [5.74, 6) is -1.26. The summed E-state index contributed by atoms with van der Waals surface area (Å²) in [5.41, 5.74) is 0. The van der Waals surface area contributed by atoms with Gasteiger partial charge in [0.05, 0.1) is 6.42 Å². The van der Waals surface area contributed by atoms with E-state index in [1.807, 2.05) is 0 Å². The predicted molar refractivity (Wildman–Crippen MR) is 49.3 cm³/mol. The molecule has 0 spiro atoms. The molecule has 0 radical (unpaired) electrons. The van der Waals surface area contributed by atoms with Crippen LogP contribution in [0.25, 0.3) is 0 Å². The largest absolute Gasteiger partial charge is 0.481 e. The molecule has 8 heteroatoms. The molecule has 0 aliphatic heterocycles. The van der Waals surface area contributed by atoms with Gasteiger partial charge in [0.1, 0.15) is 0 Å². The number of hydrogen-bond acceptors (Lipinski definition) is 4. The first-order chi connectivity index (χ1) is 6.58. The van der Waals surface area contributed by atoms with Crippen molar-refractivity contribution in [2.75, 3.05) is 5.32 Å². The number of H-pyrrole nitrogens is 2. The number of rotatable bonds is 4. The van der Waals surface area contributed by atoms with Gasteiger partial charge in [-0.3, -0.25) is 25.1 Å². The average molecular weight is 216 g/mol. The lowest BCUT2D eigenvalue weighted by atomic mass is 10.3. The Labute approximate surface area is 83.5 Å². The summed E-state index contributed by atoms with van der Waals surface area (Å²) in [4.78, 5) is 24.9. The lowest BCUT2D eigenvalue weighted by Gasteiger charge is -1.97. The lowest BCUT2D eigenvalue weighted by Crippen LogP contribution is -2.14. The molecule has 7 nitrogen and oxygen atoms in total. The monoisotopic (exact) mass is 216 g/mol. The fourth-order valence-electron chi connectivity index (χ4n) is 0.744. The van der Waals surface area contributed by atoms with Crippen molar-refractivity contribution in [3.63, 3.8) is 0 Å². The Morgan fingerprint density at radius 1 is 1.43 bits per heavy atom. The third-order valence-electron chi connectivity index (χ3n) is 1.32. The number of nitrogens with one attached hydrogen (secondary N) is 3. The van der Waals surface area contributed by atoms with Gasteiger partial charge >= 0.3 is 5.97 Å². The maximum absolute atomic E-state index is 11.0. The van der Waals surface area contributed by atoms with E-state index in [9.17, 15) is 9.59 Å². The number of anilines is 1. The summed E-state index contributed by atoms with van der Waals surface area (Å²) in [7, 11) is 0. The van der Waals surface area contributed by atoms with E-state index in [0.717, 1.165) is 0 Å². The molecular weight excluding hydrogens is 208 g/mol. The third-order valence-corrected chi connectivity index (χ3v) is 1.52. The van der Waals surface area contributed by atoms with Crippen molar-refractivity contribution in [2.45, 2.75) is 12.8 Å². The number of hydrogen-bond donors (Lipinski definition) is 4. The molecule has 0 aliphatic rings. The van der Waals surface area contributed by atoms with Crippen LogP contribution in [-0.2, 0) is 9.59 Å². The summed E-state index contributed by atoms with van der Waals surface area (Å²) in [5, 5.41) is 15.6. The van der Waals surface area contributed by atoms with Crippen molar-refractivity contribution in [2.24, 2.45) is 0 Å². The lowest BCUT2D eigenvalue weighted by molar-refractivity contribution is -0.138. The fraction of sp³-hybridized carbons (Fsp3) is 0.333. The number of carbonyl (C=O) groups is 2. The number of carbonyl (C=O) groups excluding carboxylic acids is 1. The summed E-state index contributed by atoms with van der Waals surface area (Å²) >= 11 is 4.65. The third kappa shape index (κ3) is 3.35. The van der Waals surface area contributed by atoms with Gasteiger partial charge in [-0.25, -0.2) is 0 Å². The summed E-state index contributed by atoms with van der Waals surface area (Å²) in [6.07, 6.45) is -0.306. The normalized spacial score (nSPS) is 9.71. The molecule has 76 valence electrons. The Hall–Kier alpha value is -1.70. The minimum Gasteiger partial charge on any atom is -0.481 e. The van der Waals surface area contributed by atoms with E-state index in [2.05, 4.69) is 32.7 Å². The minimum atomic E-state index is -1.02. The Kier molecular flexibility index (Phi) is 3.35. The smallest absolute Gasteiger partial charge is 0.303 e. The second kappa shape index (κ2) is 4.51. The molecule has 0 bridgehead atoms. The first kappa shape index (κ1) is 10.4. The molecule has 1 aromatic rings. The van der Waals surface area contributed by atoms with Crippen molar-refractivity contribution < 1.29 is 14.7 Å². The zero-order valence-corrected chi connectivity index (χ0v) is 7.85. The Bertz CT molecular complexity index is 396. The van der Waals surface area contributed by atoms with E-state index in [0.29, 0.717) is 0 Å². The summed E-state index contributed by atoms with van der Waals surface area (Å²) in [6.45, 7) is 0. The second-order valence-electron chi connectivity index (χ2n) is 2.46. The molecule has 1 heterocycles. The highest BCUT2D eigenvalue weighted by molar-refractivity contribution is 7.71. The van der Waals surface area contributed by atoms with Crippen LogP contribution in [0.2, 0.25) is 0 Å². The van der Waals surface area contributed by atoms with E-state index >= 15 is 0 Å². The summed E-state index contributed by atoms with van der Waals surface area (Å²) < 4.78 is 0.221. The molecule has 0 aliphatic carbocycles. The molecule has 1 amide bonds. The van der Waals surface area contributed by atoms with Gasteiger partial charge in [0.2, 0.25) is 16.6 Å². The van der Waals surface area contributed by atoms with Gasteiger partial charge in [-0.15, -0.1) is 0 Å². The van der Waals surface area contributed by atoms with E-state index < -0.39 is 11.9 Å².